The van der Waals surface area contributed by atoms with Gasteiger partial charge >= 0.3 is 0 Å². The first-order valence-corrected chi connectivity index (χ1v) is 5.33. The van der Waals surface area contributed by atoms with Crippen LogP contribution >= 0.6 is 11.3 Å². The van der Waals surface area contributed by atoms with Gasteiger partial charge in [-0.05, 0) is 19.1 Å². The summed E-state index contributed by atoms with van der Waals surface area (Å²) in [6.45, 7) is 2.03. The fourth-order valence-electron chi connectivity index (χ4n) is 1.55. The Morgan fingerprint density at radius 3 is 2.79 bits per heavy atom. The molecule has 2 rings (SSSR count). The number of fused-ring (bicyclic) bond motifs is 1. The molecule has 14 heavy (non-hydrogen) atoms. The second kappa shape index (κ2) is 3.76. The zero-order chi connectivity index (χ0) is 9.97. The number of thiophene rings is 1. The minimum atomic E-state index is 1.17. The molecule has 1 heterocycles. The van der Waals surface area contributed by atoms with E-state index < -0.39 is 0 Å². The lowest BCUT2D eigenvalue weighted by Gasteiger charge is -1.84. The van der Waals surface area contributed by atoms with Crippen LogP contribution in [0.4, 0.5) is 0 Å². The van der Waals surface area contributed by atoms with Gasteiger partial charge in [0.05, 0.1) is 0 Å². The van der Waals surface area contributed by atoms with E-state index in [0.29, 0.717) is 0 Å². The molecule has 0 bridgehead atoms. The average Bonchev–Trinajstić information content (AvgIpc) is 2.58. The number of benzene rings is 1. The summed E-state index contributed by atoms with van der Waals surface area (Å²) in [5, 5.41) is 9.55. The van der Waals surface area contributed by atoms with Crippen LogP contribution in [0.5, 0.6) is 0 Å². The van der Waals surface area contributed by atoms with Gasteiger partial charge in [-0.3, -0.25) is 0 Å². The maximum Gasteiger partial charge on any atom is 0.0355 e. The van der Waals surface area contributed by atoms with E-state index in [9.17, 15) is 0 Å². The number of hydrogen-bond acceptors (Lipinski definition) is 2. The average molecular weight is 201 g/mol. The van der Waals surface area contributed by atoms with E-state index in [1.54, 1.807) is 11.3 Å². The van der Waals surface area contributed by atoms with Crippen molar-refractivity contribution in [3.8, 4) is 0 Å². The van der Waals surface area contributed by atoms with Crippen LogP contribution in [0, 0.1) is 5.41 Å². The second-order valence-corrected chi connectivity index (χ2v) is 4.08. The molecule has 0 atom stereocenters. The Morgan fingerprint density at radius 1 is 1.29 bits per heavy atom. The van der Waals surface area contributed by atoms with Gasteiger partial charge in [-0.2, -0.15) is 0 Å². The highest BCUT2D eigenvalue weighted by atomic mass is 32.1. The summed E-state index contributed by atoms with van der Waals surface area (Å²) in [6, 6.07) is 8.31. The molecular weight excluding hydrogens is 190 g/mol. The zero-order valence-electron chi connectivity index (χ0n) is 7.95. The third-order valence-corrected chi connectivity index (χ3v) is 3.43. The minimum Gasteiger partial charge on any atom is -0.309 e. The standard InChI is InChI=1S/C12H11NS/c1-2-11-10(7-8-13)9-5-3-4-6-12(9)14-11/h2-8,13H,1H3/b10-7-,11-2+,13-8?. The highest BCUT2D eigenvalue weighted by Crippen LogP contribution is 2.11. The SMILES string of the molecule is C/C=c1/sc2ccccc2/c1=C/C=N. The molecule has 0 spiro atoms. The molecule has 0 fully saturated rings. The van der Waals surface area contributed by atoms with Crippen LogP contribution in [0.2, 0.25) is 0 Å². The Morgan fingerprint density at radius 2 is 2.07 bits per heavy atom. The topological polar surface area (TPSA) is 23.9 Å². The molecule has 1 N–H and O–H groups in total. The van der Waals surface area contributed by atoms with Crippen molar-refractivity contribution in [1.29, 1.82) is 5.41 Å². The van der Waals surface area contributed by atoms with E-state index in [2.05, 4.69) is 18.2 Å². The highest BCUT2D eigenvalue weighted by Gasteiger charge is 1.97. The van der Waals surface area contributed by atoms with Crippen LogP contribution in [-0.4, -0.2) is 6.21 Å². The van der Waals surface area contributed by atoms with Crippen molar-refractivity contribution in [3.63, 3.8) is 0 Å². The van der Waals surface area contributed by atoms with Crippen LogP contribution in [0.3, 0.4) is 0 Å². The molecule has 0 amide bonds. The van der Waals surface area contributed by atoms with Crippen molar-refractivity contribution in [2.24, 2.45) is 0 Å². The molecule has 1 aromatic heterocycles. The van der Waals surface area contributed by atoms with E-state index in [1.807, 2.05) is 25.1 Å². The molecule has 2 heteroatoms. The van der Waals surface area contributed by atoms with Crippen LogP contribution in [0.15, 0.2) is 24.3 Å². The normalized spacial score (nSPS) is 13.8. The molecule has 0 aliphatic rings. The van der Waals surface area contributed by atoms with Crippen molar-refractivity contribution < 1.29 is 0 Å². The summed E-state index contributed by atoms with van der Waals surface area (Å²) >= 11 is 1.77. The summed E-state index contributed by atoms with van der Waals surface area (Å²) < 4.78 is 2.53. The van der Waals surface area contributed by atoms with Crippen LogP contribution in [0.25, 0.3) is 22.2 Å². The van der Waals surface area contributed by atoms with Crippen molar-refractivity contribution in [2.45, 2.75) is 6.92 Å². The maximum absolute atomic E-state index is 7.14. The number of nitrogens with one attached hydrogen (secondary N) is 1. The molecule has 2 aromatic rings. The molecule has 0 aliphatic heterocycles. The van der Waals surface area contributed by atoms with Gasteiger partial charge in [0.1, 0.15) is 0 Å². The lowest BCUT2D eigenvalue weighted by Crippen LogP contribution is -2.17. The van der Waals surface area contributed by atoms with Gasteiger partial charge in [-0.25, -0.2) is 0 Å². The summed E-state index contributed by atoms with van der Waals surface area (Å²) in [4.78, 5) is 0. The third-order valence-electron chi connectivity index (χ3n) is 2.17. The van der Waals surface area contributed by atoms with Gasteiger partial charge in [-0.1, -0.05) is 24.3 Å². The fourth-order valence-corrected chi connectivity index (χ4v) is 2.63. The van der Waals surface area contributed by atoms with Gasteiger partial charge in [-0.15, -0.1) is 11.3 Å². The molecular formula is C12H11NS. The fraction of sp³-hybridized carbons (Fsp3) is 0.0833. The summed E-state index contributed by atoms with van der Waals surface area (Å²) in [5.74, 6) is 0. The molecule has 0 radical (unpaired) electrons. The van der Waals surface area contributed by atoms with E-state index >= 15 is 0 Å². The van der Waals surface area contributed by atoms with Crippen LogP contribution in [0.1, 0.15) is 6.92 Å². The monoisotopic (exact) mass is 201 g/mol. The largest absolute Gasteiger partial charge is 0.309 e. The summed E-state index contributed by atoms with van der Waals surface area (Å²) in [7, 11) is 0. The smallest absolute Gasteiger partial charge is 0.0355 e. The predicted molar refractivity (Wildman–Crippen MR) is 64.5 cm³/mol. The van der Waals surface area contributed by atoms with Crippen molar-refractivity contribution in [1.82, 2.24) is 0 Å². The molecule has 0 aliphatic carbocycles. The second-order valence-electron chi connectivity index (χ2n) is 3.00. The molecule has 1 aromatic carbocycles. The molecule has 1 nitrogen and oxygen atoms in total. The first kappa shape index (κ1) is 9.16. The number of rotatable bonds is 1. The Kier molecular flexibility index (Phi) is 2.46. The van der Waals surface area contributed by atoms with Gasteiger partial charge in [0.15, 0.2) is 0 Å². The van der Waals surface area contributed by atoms with E-state index in [0.717, 1.165) is 0 Å². The van der Waals surface area contributed by atoms with E-state index in [-0.39, 0.29) is 0 Å². The molecule has 0 saturated carbocycles. The third kappa shape index (κ3) is 1.38. The van der Waals surface area contributed by atoms with Crippen molar-refractivity contribution in [2.75, 3.05) is 0 Å². The van der Waals surface area contributed by atoms with E-state index in [1.165, 1.54) is 26.1 Å². The summed E-state index contributed by atoms with van der Waals surface area (Å²) in [6.07, 6.45) is 5.30. The lowest BCUT2D eigenvalue weighted by molar-refractivity contribution is 1.58. The van der Waals surface area contributed by atoms with Gasteiger partial charge < -0.3 is 5.41 Å². The minimum absolute atomic E-state index is 1.17. The van der Waals surface area contributed by atoms with E-state index in [4.69, 9.17) is 5.41 Å². The van der Waals surface area contributed by atoms with Crippen LogP contribution in [-0.2, 0) is 0 Å². The quantitative estimate of drug-likeness (QED) is 0.683. The molecule has 70 valence electrons. The first-order chi connectivity index (χ1) is 6.86. The van der Waals surface area contributed by atoms with Gasteiger partial charge in [0.2, 0.25) is 0 Å². The first-order valence-electron chi connectivity index (χ1n) is 4.51. The van der Waals surface area contributed by atoms with Crippen LogP contribution < -0.4 is 9.75 Å². The lowest BCUT2D eigenvalue weighted by atomic mass is 10.2. The summed E-state index contributed by atoms with van der Waals surface area (Å²) in [5.41, 5.74) is 0. The maximum atomic E-state index is 7.14. The van der Waals surface area contributed by atoms with Crippen molar-refractivity contribution in [3.05, 3.63) is 34.0 Å². The number of hydrogen-bond donors (Lipinski definition) is 1. The Labute approximate surface area is 86.5 Å². The van der Waals surface area contributed by atoms with Gasteiger partial charge in [0.25, 0.3) is 0 Å². The molecule has 0 unspecified atom stereocenters. The van der Waals surface area contributed by atoms with Gasteiger partial charge in [0, 0.05) is 26.1 Å². The molecule has 0 saturated heterocycles. The zero-order valence-corrected chi connectivity index (χ0v) is 8.77. The Balaban J connectivity index is 3.04. The predicted octanol–water partition coefficient (Wildman–Crippen LogP) is 2.13. The Hall–Kier alpha value is -1.41. The highest BCUT2D eigenvalue weighted by molar-refractivity contribution is 7.17. The Bertz CT molecular complexity index is 578. The van der Waals surface area contributed by atoms with Crippen molar-refractivity contribution >= 4 is 39.8 Å².